The normalized spacial score (nSPS) is 8.79. The molecule has 58 heavy (non-hydrogen) atoms. The summed E-state index contributed by atoms with van der Waals surface area (Å²) in [5, 5.41) is 31.1. The number of hydrogen-bond donors (Lipinski definition) is 4. The Morgan fingerprint density at radius 1 is 1.12 bits per heavy atom. The number of esters is 2. The summed E-state index contributed by atoms with van der Waals surface area (Å²) in [6.45, 7) is 18.5. The number of halogens is 2. The summed E-state index contributed by atoms with van der Waals surface area (Å²) >= 11 is 6.04. The minimum absolute atomic E-state index is 0. The van der Waals surface area contributed by atoms with Gasteiger partial charge in [0.25, 0.3) is 17.5 Å². The Kier molecular flexibility index (Phi) is 26.5. The molecular weight excluding hydrogens is 808 g/mol. The zero-order chi connectivity index (χ0) is 42.2. The van der Waals surface area contributed by atoms with Crippen LogP contribution in [0.25, 0.3) is 20.6 Å². The molecule has 0 radical (unpaired) electrons. The fourth-order valence-corrected chi connectivity index (χ4v) is 4.37. The van der Waals surface area contributed by atoms with E-state index in [1.807, 2.05) is 38.1 Å². The molecule has 0 aliphatic heterocycles. The van der Waals surface area contributed by atoms with E-state index in [1.54, 1.807) is 24.3 Å². The van der Waals surface area contributed by atoms with Crippen molar-refractivity contribution in [2.45, 2.75) is 26.9 Å². The van der Waals surface area contributed by atoms with E-state index in [-0.39, 0.29) is 77.4 Å². The van der Waals surface area contributed by atoms with Crippen molar-refractivity contribution in [3.63, 3.8) is 0 Å². The van der Waals surface area contributed by atoms with Gasteiger partial charge in [0.2, 0.25) is 0 Å². The molecular formula is C35H34Cl2N13NaO7. The van der Waals surface area contributed by atoms with Gasteiger partial charge >= 0.3 is 41.5 Å². The van der Waals surface area contributed by atoms with Gasteiger partial charge in [-0.2, -0.15) is 9.94 Å². The number of nitriles is 1. The van der Waals surface area contributed by atoms with Crippen LogP contribution in [0.1, 0.15) is 43.4 Å². The van der Waals surface area contributed by atoms with Crippen molar-refractivity contribution >= 4 is 70.2 Å². The Bertz CT molecular complexity index is 2300. The van der Waals surface area contributed by atoms with Crippen molar-refractivity contribution in [2.24, 2.45) is 11.1 Å². The zero-order valence-corrected chi connectivity index (χ0v) is 35.2. The summed E-state index contributed by atoms with van der Waals surface area (Å²) in [6, 6.07) is 13.9. The summed E-state index contributed by atoms with van der Waals surface area (Å²) in [7, 11) is 2.50. The van der Waals surface area contributed by atoms with Crippen molar-refractivity contribution in [2.75, 3.05) is 26.5 Å². The molecule has 4 aromatic heterocycles. The standard InChI is InChI=1S/C23H20ClN7O.C6H5N3O2.C4H4O2.C2H4N2.ClH.HNO2.Na/c1-13-6-21(25)29-14(2)18(13)11-28-23(32)20-9-22(26-3)31(30-20)12-15-4-5-19-16(7-15)8-17(24)10-27-19;1-7-5-3-4(8-9-5)6(10)11-2;1-3-4(5)6-2;3-1-2-4;;2-1-3;/h4-10H,11-12H2,1-2H3,(H2,25,29)(H,28,32);3H,2H3,(H,8,9);1H,2H3;1,3H2;1H;(H,2,3);/q;;;;;;+1/p-1. The molecule has 20 nitrogen and oxygen atoms in total. The van der Waals surface area contributed by atoms with E-state index >= 15 is 0 Å². The third-order valence-electron chi connectivity index (χ3n) is 6.62. The Balaban J connectivity index is 0. The molecule has 0 bridgehead atoms. The van der Waals surface area contributed by atoms with Gasteiger partial charge in [-0.25, -0.2) is 19.7 Å². The summed E-state index contributed by atoms with van der Waals surface area (Å²) in [4.78, 5) is 56.2. The molecule has 0 saturated carbocycles. The largest absolute Gasteiger partial charge is 1.00 e. The van der Waals surface area contributed by atoms with Gasteiger partial charge < -0.3 is 46.1 Å². The predicted octanol–water partition coefficient (Wildman–Crippen LogP) is 1.89. The topological polar surface area (TPSA) is 291 Å². The van der Waals surface area contributed by atoms with Crippen LogP contribution < -0.4 is 46.3 Å². The minimum Gasteiger partial charge on any atom is -0.464 e. The van der Waals surface area contributed by atoms with Crippen LogP contribution in [0.2, 0.25) is 5.02 Å². The first-order chi connectivity index (χ1) is 26.7. The van der Waals surface area contributed by atoms with E-state index in [1.165, 1.54) is 31.0 Å². The van der Waals surface area contributed by atoms with Gasteiger partial charge in [0.15, 0.2) is 11.4 Å². The molecule has 0 aliphatic rings. The van der Waals surface area contributed by atoms with Gasteiger partial charge in [0.1, 0.15) is 12.4 Å². The van der Waals surface area contributed by atoms with Gasteiger partial charge in [-0.3, -0.25) is 9.78 Å². The number of nitrogens with two attached hydrogens (primary N) is 2. The van der Waals surface area contributed by atoms with Crippen LogP contribution in [-0.2, 0) is 27.4 Å². The van der Waals surface area contributed by atoms with Crippen molar-refractivity contribution in [3.05, 3.63) is 120 Å². The molecule has 296 valence electrons. The smallest absolute Gasteiger partial charge is 0.464 e. The Hall–Kier alpha value is -6.62. The summed E-state index contributed by atoms with van der Waals surface area (Å²) in [5.74, 6) is 1.17. The quantitative estimate of drug-likeness (QED) is 0.0278. The molecule has 0 unspecified atom stereocenters. The number of pyridine rings is 2. The molecule has 5 aromatic rings. The summed E-state index contributed by atoms with van der Waals surface area (Å²) < 4.78 is 9.91. The van der Waals surface area contributed by atoms with E-state index < -0.39 is 11.9 Å². The number of aromatic nitrogens is 6. The molecule has 0 saturated heterocycles. The number of ether oxygens (including phenoxy) is 2. The number of nitrogen functional groups attached to an aromatic ring is 1. The minimum atomic E-state index is -0.630. The SMILES string of the molecule is C#CC(=O)OC.Cl.N#CCN.O=N[O-].[C-]#[N+]c1cc(C(=O)NCc2c(C)cc(N)nc2C)nn1Cc1ccc2ncc(Cl)cc2c1.[C-]#[N+]c1cc(C(=O)OC)n[nH]1.[Na+]. The van der Waals surface area contributed by atoms with Crippen LogP contribution in [0.4, 0.5) is 17.5 Å². The van der Waals surface area contributed by atoms with Crippen molar-refractivity contribution < 1.29 is 53.4 Å². The fourth-order valence-electron chi connectivity index (χ4n) is 4.20. The zero-order valence-electron chi connectivity index (χ0n) is 31.6. The van der Waals surface area contributed by atoms with Gasteiger partial charge in [0, 0.05) is 29.7 Å². The average molecular weight is 843 g/mol. The number of aryl methyl sites for hydroxylation is 2. The predicted molar refractivity (Wildman–Crippen MR) is 212 cm³/mol. The molecule has 0 aliphatic carbocycles. The van der Waals surface area contributed by atoms with Crippen LogP contribution in [-0.4, -0.2) is 68.6 Å². The second-order valence-corrected chi connectivity index (χ2v) is 10.7. The number of carbonyl (C=O) groups is 3. The van der Waals surface area contributed by atoms with Gasteiger partial charge in [-0.05, 0) is 66.9 Å². The summed E-state index contributed by atoms with van der Waals surface area (Å²) in [5.41, 5.74) is 15.1. The van der Waals surface area contributed by atoms with E-state index in [4.69, 9.17) is 45.9 Å². The molecule has 0 fully saturated rings. The molecule has 6 N–H and O–H groups in total. The number of aromatic amines is 1. The first kappa shape index (κ1) is 53.5. The number of amides is 1. The van der Waals surface area contributed by atoms with E-state index in [2.05, 4.69) is 61.9 Å². The summed E-state index contributed by atoms with van der Waals surface area (Å²) in [6.07, 6.45) is 6.16. The number of nitrogens with one attached hydrogen (secondary N) is 2. The number of hydrogen-bond acceptors (Lipinski definition) is 15. The first-order valence-electron chi connectivity index (χ1n) is 15.3. The molecule has 1 aromatic carbocycles. The monoisotopic (exact) mass is 841 g/mol. The third-order valence-corrected chi connectivity index (χ3v) is 6.83. The Morgan fingerprint density at radius 3 is 2.28 bits per heavy atom. The molecule has 0 spiro atoms. The van der Waals surface area contributed by atoms with Crippen molar-refractivity contribution in [1.29, 1.82) is 5.26 Å². The molecule has 5 rings (SSSR count). The van der Waals surface area contributed by atoms with E-state index in [0.29, 0.717) is 23.9 Å². The van der Waals surface area contributed by atoms with Gasteiger partial charge in [0.05, 0.1) is 37.4 Å². The van der Waals surface area contributed by atoms with Crippen molar-refractivity contribution in [3.8, 4) is 18.4 Å². The Labute approximate surface area is 365 Å². The number of anilines is 1. The number of benzene rings is 1. The molecule has 23 heteroatoms. The van der Waals surface area contributed by atoms with Crippen LogP contribution in [0, 0.1) is 60.8 Å². The number of carbonyl (C=O) groups excluding carboxylic acids is 3. The second kappa shape index (κ2) is 28.7. The van der Waals surface area contributed by atoms with Crippen molar-refractivity contribution in [1.82, 2.24) is 35.3 Å². The molecule has 1 amide bonds. The van der Waals surface area contributed by atoms with Crippen LogP contribution in [0.3, 0.4) is 0 Å². The maximum atomic E-state index is 12.7. The number of terminal acetylenes is 1. The number of nitrogens with zero attached hydrogens (tertiary/aromatic N) is 9. The maximum Gasteiger partial charge on any atom is 1.00 e. The molecule has 4 heterocycles. The average Bonchev–Trinajstić information content (AvgIpc) is 3.85. The van der Waals surface area contributed by atoms with Crippen LogP contribution >= 0.6 is 24.0 Å². The maximum absolute atomic E-state index is 12.7. The van der Waals surface area contributed by atoms with E-state index in [9.17, 15) is 14.4 Å². The van der Waals surface area contributed by atoms with Gasteiger partial charge in [-0.1, -0.05) is 41.0 Å². The number of methoxy groups -OCH3 is 2. The third kappa shape index (κ3) is 17.9. The van der Waals surface area contributed by atoms with Crippen LogP contribution in [0.5, 0.6) is 0 Å². The molecule has 0 atom stereocenters. The van der Waals surface area contributed by atoms with E-state index in [0.717, 1.165) is 38.6 Å². The number of rotatable bonds is 6. The number of fused-ring (bicyclic) bond motifs is 1. The second-order valence-electron chi connectivity index (χ2n) is 10.3. The van der Waals surface area contributed by atoms with Crippen LogP contribution in [0.15, 0.2) is 54.0 Å². The fraction of sp³-hybridized carbons (Fsp3) is 0.200. The number of H-pyrrole nitrogens is 1. The van der Waals surface area contributed by atoms with Gasteiger partial charge in [-0.15, -0.1) is 24.2 Å². The Morgan fingerprint density at radius 2 is 1.78 bits per heavy atom. The first-order valence-corrected chi connectivity index (χ1v) is 15.7.